The first-order valence-electron chi connectivity index (χ1n) is 12.6. The van der Waals surface area contributed by atoms with Gasteiger partial charge in [0, 0.05) is 5.56 Å². The van der Waals surface area contributed by atoms with Gasteiger partial charge in [-0.1, -0.05) is 56.9 Å². The first-order valence-corrected chi connectivity index (χ1v) is 13.4. The second-order valence-electron chi connectivity index (χ2n) is 8.59. The van der Waals surface area contributed by atoms with Gasteiger partial charge in [0.1, 0.15) is 5.75 Å². The average molecular weight is 508 g/mol. The van der Waals surface area contributed by atoms with Crippen LogP contribution in [-0.2, 0) is 0 Å². The Morgan fingerprint density at radius 2 is 1.64 bits per heavy atom. The van der Waals surface area contributed by atoms with Crippen LogP contribution in [0.5, 0.6) is 17.2 Å². The smallest absolute Gasteiger partial charge is 0.291 e. The van der Waals surface area contributed by atoms with Crippen molar-refractivity contribution in [2.24, 2.45) is 0 Å². The van der Waals surface area contributed by atoms with E-state index in [1.54, 1.807) is 7.11 Å². The Hall–Kier alpha value is -3.39. The molecule has 0 radical (unpaired) electrons. The zero-order chi connectivity index (χ0) is 25.3. The summed E-state index contributed by atoms with van der Waals surface area (Å²) in [5.74, 6) is 2.70. The fourth-order valence-electron chi connectivity index (χ4n) is 3.78. The van der Waals surface area contributed by atoms with Crippen LogP contribution in [-0.4, -0.2) is 34.9 Å². The molecule has 0 spiro atoms. The van der Waals surface area contributed by atoms with Gasteiger partial charge in [0.2, 0.25) is 4.96 Å². The lowest BCUT2D eigenvalue weighted by atomic mass is 10.2. The molecule has 0 saturated carbocycles. The van der Waals surface area contributed by atoms with Crippen molar-refractivity contribution in [1.82, 2.24) is 14.6 Å². The molecule has 0 N–H and O–H groups in total. The van der Waals surface area contributed by atoms with Crippen LogP contribution >= 0.6 is 11.3 Å². The second kappa shape index (κ2) is 12.5. The Labute approximate surface area is 215 Å². The minimum absolute atomic E-state index is 0.191. The summed E-state index contributed by atoms with van der Waals surface area (Å²) in [5, 5.41) is 4.46. The molecule has 0 bridgehead atoms. The summed E-state index contributed by atoms with van der Waals surface area (Å²) in [4.78, 5) is 18.1. The molecule has 2 aromatic heterocycles. The van der Waals surface area contributed by atoms with Gasteiger partial charge in [-0.05, 0) is 60.9 Å². The average Bonchev–Trinajstić information content (AvgIpc) is 3.44. The van der Waals surface area contributed by atoms with Crippen LogP contribution in [0.2, 0.25) is 0 Å². The number of hydrogen-bond donors (Lipinski definition) is 0. The number of hydrogen-bond acceptors (Lipinski definition) is 7. The topological polar surface area (TPSA) is 75.0 Å². The summed E-state index contributed by atoms with van der Waals surface area (Å²) in [5.41, 5.74) is 1.50. The van der Waals surface area contributed by atoms with Gasteiger partial charge >= 0.3 is 0 Å². The van der Waals surface area contributed by atoms with Crippen LogP contribution in [0, 0.1) is 0 Å². The molecule has 36 heavy (non-hydrogen) atoms. The number of benzene rings is 2. The van der Waals surface area contributed by atoms with E-state index in [1.807, 2.05) is 48.5 Å². The molecule has 4 rings (SSSR count). The Kier molecular flexibility index (Phi) is 8.95. The number of nitrogens with zero attached hydrogens (tertiary/aromatic N) is 3. The molecule has 0 fully saturated rings. The van der Waals surface area contributed by atoms with E-state index >= 15 is 0 Å². The number of methoxy groups -OCH3 is 1. The van der Waals surface area contributed by atoms with Crippen molar-refractivity contribution < 1.29 is 14.2 Å². The molecule has 0 saturated heterocycles. The molecule has 0 aliphatic carbocycles. The molecule has 0 unspecified atom stereocenters. The molecular weight excluding hydrogens is 474 g/mol. The van der Waals surface area contributed by atoms with Gasteiger partial charge < -0.3 is 14.2 Å². The standard InChI is InChI=1S/C28H33N3O4S/c1-4-6-8-16-34-22-13-11-21(12-14-22)26-29-28-31(30-26)27(32)25(36-28)19-20-10-15-23(24(18-20)33-3)35-17-9-7-5-2/h10-15,18-19H,4-9,16-17H2,1-3H3. The quantitative estimate of drug-likeness (QED) is 0.222. The maximum absolute atomic E-state index is 13.0. The van der Waals surface area contributed by atoms with Crippen molar-refractivity contribution in [3.8, 4) is 28.6 Å². The minimum atomic E-state index is -0.191. The maximum Gasteiger partial charge on any atom is 0.291 e. The lowest BCUT2D eigenvalue weighted by Crippen LogP contribution is -2.23. The van der Waals surface area contributed by atoms with Crippen LogP contribution in [0.3, 0.4) is 0 Å². The Morgan fingerprint density at radius 3 is 2.31 bits per heavy atom. The lowest BCUT2D eigenvalue weighted by Gasteiger charge is -2.11. The van der Waals surface area contributed by atoms with Gasteiger partial charge in [0.25, 0.3) is 5.56 Å². The molecule has 8 heteroatoms. The van der Waals surface area contributed by atoms with Gasteiger partial charge in [0.05, 0.1) is 24.9 Å². The largest absolute Gasteiger partial charge is 0.494 e. The normalized spacial score (nSPS) is 11.8. The van der Waals surface area contributed by atoms with Gasteiger partial charge in [-0.2, -0.15) is 9.50 Å². The SMILES string of the molecule is CCCCCOc1ccc(-c2nc3sc(=Cc4ccc(OCCCCC)c(OC)c4)c(=O)n3n2)cc1. The molecule has 2 heterocycles. The molecule has 0 aliphatic rings. The van der Waals surface area contributed by atoms with Crippen LogP contribution in [0.1, 0.15) is 57.9 Å². The van der Waals surface area contributed by atoms with E-state index in [2.05, 4.69) is 23.9 Å². The van der Waals surface area contributed by atoms with Crippen LogP contribution in [0.4, 0.5) is 0 Å². The van der Waals surface area contributed by atoms with Gasteiger partial charge in [-0.15, -0.1) is 5.10 Å². The van der Waals surface area contributed by atoms with Crippen molar-refractivity contribution in [1.29, 1.82) is 0 Å². The summed E-state index contributed by atoms with van der Waals surface area (Å²) in [6, 6.07) is 13.4. The monoisotopic (exact) mass is 507 g/mol. The highest BCUT2D eigenvalue weighted by Gasteiger charge is 2.13. The van der Waals surface area contributed by atoms with E-state index in [-0.39, 0.29) is 5.56 Å². The number of aromatic nitrogens is 3. The molecule has 0 amide bonds. The van der Waals surface area contributed by atoms with Crippen molar-refractivity contribution in [2.45, 2.75) is 52.4 Å². The predicted molar refractivity (Wildman–Crippen MR) is 144 cm³/mol. The van der Waals surface area contributed by atoms with Gasteiger partial charge in [0.15, 0.2) is 17.3 Å². The third kappa shape index (κ3) is 6.23. The summed E-state index contributed by atoms with van der Waals surface area (Å²) in [6.45, 7) is 5.70. The Balaban J connectivity index is 1.50. The van der Waals surface area contributed by atoms with Crippen molar-refractivity contribution in [3.05, 3.63) is 62.9 Å². The van der Waals surface area contributed by atoms with Crippen molar-refractivity contribution in [3.63, 3.8) is 0 Å². The molecular formula is C28H33N3O4S. The lowest BCUT2D eigenvalue weighted by molar-refractivity contribution is 0.286. The first-order chi connectivity index (χ1) is 17.6. The fraction of sp³-hybridized carbons (Fsp3) is 0.393. The molecule has 0 atom stereocenters. The summed E-state index contributed by atoms with van der Waals surface area (Å²) in [7, 11) is 1.62. The summed E-state index contributed by atoms with van der Waals surface area (Å²) in [6.07, 6.45) is 8.50. The van der Waals surface area contributed by atoms with E-state index in [4.69, 9.17) is 14.2 Å². The number of thiazole rings is 1. The highest BCUT2D eigenvalue weighted by Crippen LogP contribution is 2.28. The molecule has 190 valence electrons. The van der Waals surface area contributed by atoms with Crippen LogP contribution in [0.15, 0.2) is 47.3 Å². The molecule has 7 nitrogen and oxygen atoms in total. The van der Waals surface area contributed by atoms with E-state index in [9.17, 15) is 4.79 Å². The second-order valence-corrected chi connectivity index (χ2v) is 9.60. The zero-order valence-corrected chi connectivity index (χ0v) is 22.0. The number of unbranched alkanes of at least 4 members (excludes halogenated alkanes) is 4. The maximum atomic E-state index is 13.0. The third-order valence-electron chi connectivity index (χ3n) is 5.80. The molecule has 4 aromatic rings. The molecule has 2 aromatic carbocycles. The van der Waals surface area contributed by atoms with E-state index < -0.39 is 0 Å². The van der Waals surface area contributed by atoms with E-state index in [0.717, 1.165) is 49.0 Å². The highest BCUT2D eigenvalue weighted by molar-refractivity contribution is 7.15. The highest BCUT2D eigenvalue weighted by atomic mass is 32.1. The third-order valence-corrected chi connectivity index (χ3v) is 6.76. The van der Waals surface area contributed by atoms with E-state index in [0.29, 0.717) is 40.0 Å². The number of rotatable bonds is 13. The van der Waals surface area contributed by atoms with Crippen molar-refractivity contribution >= 4 is 22.4 Å². The van der Waals surface area contributed by atoms with Gasteiger partial charge in [-0.3, -0.25) is 4.79 Å². The first kappa shape index (κ1) is 25.7. The fourth-order valence-corrected chi connectivity index (χ4v) is 4.68. The minimum Gasteiger partial charge on any atom is -0.494 e. The summed E-state index contributed by atoms with van der Waals surface area (Å²) >= 11 is 1.31. The van der Waals surface area contributed by atoms with Crippen LogP contribution in [0.25, 0.3) is 22.4 Å². The van der Waals surface area contributed by atoms with E-state index in [1.165, 1.54) is 22.3 Å². The molecule has 0 aliphatic heterocycles. The number of fused-ring (bicyclic) bond motifs is 1. The Bertz CT molecular complexity index is 1380. The summed E-state index contributed by atoms with van der Waals surface area (Å²) < 4.78 is 19.1. The number of ether oxygens (including phenoxy) is 3. The van der Waals surface area contributed by atoms with Crippen LogP contribution < -0.4 is 24.3 Å². The predicted octanol–water partition coefficient (Wildman–Crippen LogP) is 5.51. The van der Waals surface area contributed by atoms with Gasteiger partial charge in [-0.25, -0.2) is 0 Å². The zero-order valence-electron chi connectivity index (χ0n) is 21.2. The van der Waals surface area contributed by atoms with Crippen molar-refractivity contribution in [2.75, 3.05) is 20.3 Å². The Morgan fingerprint density at radius 1 is 0.917 bits per heavy atom.